The number of hydrogen-bond acceptors (Lipinski definition) is 3. The standard InChI is InChI=1S/C12H24N2O2/c1-12(2,3)14-9-7-6-8-10(14)11(15)13(4)16-5/h10H,6-9H2,1-5H3. The average molecular weight is 228 g/mol. The fraction of sp³-hybridized carbons (Fsp3) is 0.917. The molecular weight excluding hydrogens is 204 g/mol. The van der Waals surface area contributed by atoms with Crippen LogP contribution in [0, 0.1) is 0 Å². The molecule has 4 heteroatoms. The minimum Gasteiger partial charge on any atom is -0.287 e. The van der Waals surface area contributed by atoms with Gasteiger partial charge >= 0.3 is 0 Å². The Morgan fingerprint density at radius 3 is 2.50 bits per heavy atom. The fourth-order valence-electron chi connectivity index (χ4n) is 2.29. The lowest BCUT2D eigenvalue weighted by molar-refractivity contribution is -0.178. The van der Waals surface area contributed by atoms with Crippen LogP contribution in [0.1, 0.15) is 40.0 Å². The van der Waals surface area contributed by atoms with Gasteiger partial charge in [-0.25, -0.2) is 5.06 Å². The fourth-order valence-corrected chi connectivity index (χ4v) is 2.29. The average Bonchev–Trinajstić information content (AvgIpc) is 2.26. The van der Waals surface area contributed by atoms with E-state index in [1.165, 1.54) is 18.6 Å². The van der Waals surface area contributed by atoms with Crippen LogP contribution in [0.5, 0.6) is 0 Å². The minimum absolute atomic E-state index is 0.0290. The van der Waals surface area contributed by atoms with Crippen LogP contribution in [0.25, 0.3) is 0 Å². The SMILES string of the molecule is CON(C)C(=O)C1CCCCN1C(C)(C)C. The van der Waals surface area contributed by atoms with Gasteiger partial charge in [0.15, 0.2) is 0 Å². The molecule has 0 saturated carbocycles. The van der Waals surface area contributed by atoms with Crippen LogP contribution in [0.4, 0.5) is 0 Å². The number of rotatable bonds is 2. The smallest absolute Gasteiger partial charge is 0.263 e. The molecule has 1 aliphatic rings. The van der Waals surface area contributed by atoms with Crippen molar-refractivity contribution in [2.24, 2.45) is 0 Å². The molecule has 0 aromatic carbocycles. The van der Waals surface area contributed by atoms with Gasteiger partial charge < -0.3 is 0 Å². The molecule has 1 amide bonds. The number of carbonyl (C=O) groups is 1. The van der Waals surface area contributed by atoms with Crippen LogP contribution in [0.2, 0.25) is 0 Å². The Labute approximate surface area is 98.5 Å². The molecule has 1 aliphatic heterocycles. The quantitative estimate of drug-likeness (QED) is 0.674. The Hall–Kier alpha value is -0.610. The maximum Gasteiger partial charge on any atom is 0.263 e. The summed E-state index contributed by atoms with van der Waals surface area (Å²) in [5, 5.41) is 1.34. The van der Waals surface area contributed by atoms with Crippen LogP contribution >= 0.6 is 0 Å². The van der Waals surface area contributed by atoms with Gasteiger partial charge in [0, 0.05) is 12.6 Å². The molecule has 1 rings (SSSR count). The highest BCUT2D eigenvalue weighted by Gasteiger charge is 2.36. The van der Waals surface area contributed by atoms with E-state index in [4.69, 9.17) is 4.84 Å². The van der Waals surface area contributed by atoms with Crippen molar-refractivity contribution in [3.8, 4) is 0 Å². The second-order valence-corrected chi connectivity index (χ2v) is 5.39. The number of amides is 1. The summed E-state index contributed by atoms with van der Waals surface area (Å²) < 4.78 is 0. The number of likely N-dealkylation sites (tertiary alicyclic amines) is 1. The first-order valence-electron chi connectivity index (χ1n) is 5.96. The van der Waals surface area contributed by atoms with E-state index in [9.17, 15) is 4.79 Å². The summed E-state index contributed by atoms with van der Waals surface area (Å²) in [6, 6.07) is -0.0290. The first-order valence-corrected chi connectivity index (χ1v) is 5.96. The summed E-state index contributed by atoms with van der Waals surface area (Å²) in [5.41, 5.74) is 0.0370. The van der Waals surface area contributed by atoms with Gasteiger partial charge in [-0.15, -0.1) is 0 Å². The lowest BCUT2D eigenvalue weighted by Gasteiger charge is -2.44. The number of hydroxylamine groups is 2. The summed E-state index contributed by atoms with van der Waals surface area (Å²) in [6.45, 7) is 7.47. The zero-order valence-electron chi connectivity index (χ0n) is 11.1. The zero-order valence-corrected chi connectivity index (χ0v) is 11.1. The minimum atomic E-state index is -0.0290. The van der Waals surface area contributed by atoms with E-state index in [1.807, 2.05) is 0 Å². The first kappa shape index (κ1) is 13.5. The van der Waals surface area contributed by atoms with Crippen LogP contribution in [0.3, 0.4) is 0 Å². The molecule has 0 spiro atoms. The van der Waals surface area contributed by atoms with Gasteiger partial charge in [-0.3, -0.25) is 14.5 Å². The Morgan fingerprint density at radius 2 is 2.00 bits per heavy atom. The lowest BCUT2D eigenvalue weighted by Crippen LogP contribution is -2.56. The molecule has 0 aromatic rings. The number of nitrogens with zero attached hydrogens (tertiary/aromatic N) is 2. The van der Waals surface area contributed by atoms with Gasteiger partial charge in [0.05, 0.1) is 13.2 Å². The van der Waals surface area contributed by atoms with E-state index in [0.717, 1.165) is 19.4 Å². The molecule has 1 heterocycles. The molecule has 4 nitrogen and oxygen atoms in total. The van der Waals surface area contributed by atoms with E-state index in [2.05, 4.69) is 25.7 Å². The number of likely N-dealkylation sites (N-methyl/N-ethyl adjacent to an activating group) is 1. The molecule has 94 valence electrons. The third kappa shape index (κ3) is 2.95. The van der Waals surface area contributed by atoms with Crippen molar-refractivity contribution in [2.75, 3.05) is 20.7 Å². The Bertz CT molecular complexity index is 248. The van der Waals surface area contributed by atoms with Crippen LogP contribution < -0.4 is 0 Å². The van der Waals surface area contributed by atoms with Gasteiger partial charge in [0.25, 0.3) is 5.91 Å². The molecule has 0 radical (unpaired) electrons. The Kier molecular flexibility index (Phi) is 4.33. The van der Waals surface area contributed by atoms with E-state index >= 15 is 0 Å². The molecular formula is C12H24N2O2. The van der Waals surface area contributed by atoms with Crippen LogP contribution in [-0.2, 0) is 9.63 Å². The van der Waals surface area contributed by atoms with Gasteiger partial charge in [-0.05, 0) is 40.2 Å². The second-order valence-electron chi connectivity index (χ2n) is 5.39. The lowest BCUT2D eigenvalue weighted by atomic mass is 9.94. The third-order valence-corrected chi connectivity index (χ3v) is 3.23. The highest BCUT2D eigenvalue weighted by molar-refractivity contribution is 5.80. The summed E-state index contributed by atoms with van der Waals surface area (Å²) in [7, 11) is 3.21. The van der Waals surface area contributed by atoms with E-state index in [0.29, 0.717) is 0 Å². The van der Waals surface area contributed by atoms with Crippen molar-refractivity contribution in [1.29, 1.82) is 0 Å². The first-order chi connectivity index (χ1) is 7.38. The van der Waals surface area contributed by atoms with Crippen molar-refractivity contribution in [3.63, 3.8) is 0 Å². The maximum atomic E-state index is 12.1. The molecule has 0 bridgehead atoms. The summed E-state index contributed by atoms with van der Waals surface area (Å²) in [4.78, 5) is 19.4. The number of carbonyl (C=O) groups excluding carboxylic acids is 1. The summed E-state index contributed by atoms with van der Waals surface area (Å²) in [6.07, 6.45) is 3.24. The molecule has 1 atom stereocenters. The van der Waals surface area contributed by atoms with Crippen molar-refractivity contribution < 1.29 is 9.63 Å². The van der Waals surface area contributed by atoms with Crippen molar-refractivity contribution >= 4 is 5.91 Å². The maximum absolute atomic E-state index is 12.1. The van der Waals surface area contributed by atoms with Crippen LogP contribution in [0.15, 0.2) is 0 Å². The van der Waals surface area contributed by atoms with Crippen LogP contribution in [-0.4, -0.2) is 48.2 Å². The van der Waals surface area contributed by atoms with Crippen molar-refractivity contribution in [2.45, 2.75) is 51.6 Å². The molecule has 1 unspecified atom stereocenters. The summed E-state index contributed by atoms with van der Waals surface area (Å²) >= 11 is 0. The van der Waals surface area contributed by atoms with Gasteiger partial charge in [-0.2, -0.15) is 0 Å². The van der Waals surface area contributed by atoms with E-state index in [-0.39, 0.29) is 17.5 Å². The molecule has 1 saturated heterocycles. The highest BCUT2D eigenvalue weighted by atomic mass is 16.7. The molecule has 16 heavy (non-hydrogen) atoms. The third-order valence-electron chi connectivity index (χ3n) is 3.23. The Balaban J connectivity index is 2.78. The van der Waals surface area contributed by atoms with Gasteiger partial charge in [0.2, 0.25) is 0 Å². The van der Waals surface area contributed by atoms with E-state index < -0.39 is 0 Å². The summed E-state index contributed by atoms with van der Waals surface area (Å²) in [5.74, 6) is 0.0668. The highest BCUT2D eigenvalue weighted by Crippen LogP contribution is 2.26. The molecule has 1 fully saturated rings. The Morgan fingerprint density at radius 1 is 1.38 bits per heavy atom. The molecule has 0 aliphatic carbocycles. The molecule has 0 aromatic heterocycles. The van der Waals surface area contributed by atoms with Gasteiger partial charge in [-0.1, -0.05) is 6.42 Å². The topological polar surface area (TPSA) is 32.8 Å². The second kappa shape index (κ2) is 5.15. The van der Waals surface area contributed by atoms with Crippen molar-refractivity contribution in [1.82, 2.24) is 9.96 Å². The molecule has 0 N–H and O–H groups in total. The van der Waals surface area contributed by atoms with E-state index in [1.54, 1.807) is 7.05 Å². The monoisotopic (exact) mass is 228 g/mol. The normalized spacial score (nSPS) is 23.2. The largest absolute Gasteiger partial charge is 0.287 e. The van der Waals surface area contributed by atoms with Gasteiger partial charge in [0.1, 0.15) is 0 Å². The number of hydrogen-bond donors (Lipinski definition) is 0. The predicted molar refractivity (Wildman–Crippen MR) is 63.9 cm³/mol. The predicted octanol–water partition coefficient (Wildman–Crippen LogP) is 1.66. The zero-order chi connectivity index (χ0) is 12.3. The van der Waals surface area contributed by atoms with Crippen molar-refractivity contribution in [3.05, 3.63) is 0 Å². The number of piperidine rings is 1.